The fourth-order valence-corrected chi connectivity index (χ4v) is 5.52. The van der Waals surface area contributed by atoms with Gasteiger partial charge in [-0.05, 0) is 60.1 Å². The van der Waals surface area contributed by atoms with Gasteiger partial charge in [0.1, 0.15) is 0 Å². The average Bonchev–Trinajstić information content (AvgIpc) is 2.74. The highest BCUT2D eigenvalue weighted by atomic mass is 35.5. The number of carbonyl (C=O) groups excluding carboxylic acids is 1. The molecule has 1 saturated heterocycles. The predicted octanol–water partition coefficient (Wildman–Crippen LogP) is 4.84. The van der Waals surface area contributed by atoms with Crippen molar-refractivity contribution in [1.82, 2.24) is 10.2 Å². The minimum Gasteiger partial charge on any atom is -0.412 e. The lowest BCUT2D eigenvalue weighted by Crippen LogP contribution is -2.55. The molecule has 1 saturated carbocycles. The minimum atomic E-state index is -0.200. The molecule has 2 fully saturated rings. The van der Waals surface area contributed by atoms with Crippen LogP contribution in [-0.4, -0.2) is 54.2 Å². The highest BCUT2D eigenvalue weighted by Crippen LogP contribution is 2.42. The predicted molar refractivity (Wildman–Crippen MR) is 142 cm³/mol. The zero-order valence-corrected chi connectivity index (χ0v) is 21.6. The number of amides is 1. The smallest absolute Gasteiger partial charge is 0.240 e. The van der Waals surface area contributed by atoms with E-state index in [1.54, 1.807) is 0 Å². The topological polar surface area (TPSA) is 105 Å². The van der Waals surface area contributed by atoms with Gasteiger partial charge in [0.05, 0.1) is 19.4 Å². The van der Waals surface area contributed by atoms with E-state index < -0.39 is 0 Å². The molecule has 34 heavy (non-hydrogen) atoms. The van der Waals surface area contributed by atoms with Gasteiger partial charge in [-0.2, -0.15) is 0 Å². The molecule has 2 atom stereocenters. The summed E-state index contributed by atoms with van der Waals surface area (Å²) in [5, 5.41) is 4.17. The van der Waals surface area contributed by atoms with Gasteiger partial charge in [0.2, 0.25) is 5.91 Å². The Labute approximate surface area is 212 Å². The Morgan fingerprint density at radius 3 is 2.29 bits per heavy atom. The molecule has 0 aromatic heterocycles. The molecule has 0 spiro atoms. The lowest BCUT2D eigenvalue weighted by atomic mass is 9.70. The summed E-state index contributed by atoms with van der Waals surface area (Å²) in [7, 11) is 0. The summed E-state index contributed by atoms with van der Waals surface area (Å²) in [6.45, 7) is 11.6. The summed E-state index contributed by atoms with van der Waals surface area (Å²) >= 11 is 6.08. The van der Waals surface area contributed by atoms with Crippen LogP contribution in [0.3, 0.4) is 0 Å². The van der Waals surface area contributed by atoms with Crippen molar-refractivity contribution in [1.29, 1.82) is 0 Å². The number of halogens is 1. The van der Waals surface area contributed by atoms with Crippen LogP contribution in [0, 0.1) is 17.3 Å². The van der Waals surface area contributed by atoms with Gasteiger partial charge in [-0.1, -0.05) is 78.1 Å². The van der Waals surface area contributed by atoms with E-state index in [-0.39, 0.29) is 41.7 Å². The fraction of sp³-hybridized carbons (Fsp3) is 0.741. The molecule has 1 aliphatic carbocycles. The van der Waals surface area contributed by atoms with Crippen LogP contribution < -0.4 is 5.32 Å². The molecule has 1 heterocycles. The molecular formula is C27H49ClN2O4. The first kappa shape index (κ1) is 32.8. The van der Waals surface area contributed by atoms with Gasteiger partial charge >= 0.3 is 0 Å². The zero-order valence-electron chi connectivity index (χ0n) is 20.8. The quantitative estimate of drug-likeness (QED) is 0.407. The van der Waals surface area contributed by atoms with E-state index >= 15 is 0 Å². The first-order valence-corrected chi connectivity index (χ1v) is 12.5. The molecule has 5 N–H and O–H groups in total. The Morgan fingerprint density at radius 1 is 1.12 bits per heavy atom. The number of rotatable bonds is 8. The molecule has 0 radical (unpaired) electrons. The third-order valence-corrected chi connectivity index (χ3v) is 7.48. The molecule has 2 aliphatic rings. The molecule has 3 rings (SSSR count). The summed E-state index contributed by atoms with van der Waals surface area (Å²) in [5.41, 5.74) is 1.33. The van der Waals surface area contributed by atoms with Crippen LogP contribution in [0.25, 0.3) is 0 Å². The van der Waals surface area contributed by atoms with Gasteiger partial charge in [-0.25, -0.2) is 0 Å². The van der Waals surface area contributed by atoms with E-state index in [9.17, 15) is 4.79 Å². The van der Waals surface area contributed by atoms with Crippen molar-refractivity contribution in [3.8, 4) is 0 Å². The fourth-order valence-electron chi connectivity index (χ4n) is 5.39. The van der Waals surface area contributed by atoms with E-state index in [2.05, 4.69) is 50.0 Å². The van der Waals surface area contributed by atoms with E-state index in [0.29, 0.717) is 18.6 Å². The lowest BCUT2D eigenvalue weighted by Gasteiger charge is -2.45. The van der Waals surface area contributed by atoms with E-state index in [0.717, 1.165) is 31.1 Å². The monoisotopic (exact) mass is 500 g/mol. The number of ether oxygens (including phenoxy) is 1. The van der Waals surface area contributed by atoms with Gasteiger partial charge in [0.25, 0.3) is 0 Å². The average molecular weight is 501 g/mol. The maximum Gasteiger partial charge on any atom is 0.240 e. The molecule has 0 unspecified atom stereocenters. The number of piperidine rings is 1. The van der Waals surface area contributed by atoms with Gasteiger partial charge in [-0.15, -0.1) is 0 Å². The lowest BCUT2D eigenvalue weighted by molar-refractivity contribution is -0.138. The summed E-state index contributed by atoms with van der Waals surface area (Å²) in [4.78, 5) is 15.5. The molecule has 7 heteroatoms. The van der Waals surface area contributed by atoms with Crippen LogP contribution in [0.15, 0.2) is 24.3 Å². The minimum absolute atomic E-state index is 0. The maximum atomic E-state index is 13.4. The Bertz CT molecular complexity index is 705. The van der Waals surface area contributed by atoms with Gasteiger partial charge < -0.3 is 20.6 Å². The number of hydrogen-bond donors (Lipinski definition) is 1. The van der Waals surface area contributed by atoms with Gasteiger partial charge in [0.15, 0.2) is 0 Å². The van der Waals surface area contributed by atoms with Crippen LogP contribution in [0.2, 0.25) is 5.02 Å². The first-order valence-electron chi connectivity index (χ1n) is 12.1. The molecule has 6 nitrogen and oxygen atoms in total. The van der Waals surface area contributed by atoms with Crippen LogP contribution in [-0.2, 0) is 9.53 Å². The number of hydrogen-bond acceptors (Lipinski definition) is 3. The Morgan fingerprint density at radius 2 is 1.74 bits per heavy atom. The molecule has 1 amide bonds. The molecule has 1 aromatic rings. The van der Waals surface area contributed by atoms with Crippen molar-refractivity contribution >= 4 is 17.5 Å². The van der Waals surface area contributed by atoms with Crippen molar-refractivity contribution in [2.45, 2.75) is 85.6 Å². The van der Waals surface area contributed by atoms with Crippen LogP contribution in [0.4, 0.5) is 0 Å². The normalized spacial score (nSPS) is 21.1. The summed E-state index contributed by atoms with van der Waals surface area (Å²) in [6, 6.07) is 8.00. The number of likely N-dealkylation sites (tertiary alicyclic amines) is 1. The molecule has 1 aromatic carbocycles. The standard InChI is InChI=1S/C26H41ClN2O2.CH4.2H2O/c1-19(2)24(28-18-31-16-20-8-6-5-7-9-20)25(30)29-15-14-23(26(3,4)17-29)21-10-12-22(27)13-11-21;;;/h10-13,19-20,23-24,28H,5-9,14-18H2,1-4H3;1H4;2*1H2/t23-,24-;;;/m1.../s1. The SMILES string of the molecule is C.CC(C)[C@@H](NCOCC1CCCCC1)C(=O)N1CC[C@H](c2ccc(Cl)cc2)C(C)(C)C1.O.O. The third kappa shape index (κ3) is 8.80. The zero-order chi connectivity index (χ0) is 22.4. The highest BCUT2D eigenvalue weighted by molar-refractivity contribution is 6.30. The summed E-state index contributed by atoms with van der Waals surface area (Å²) < 4.78 is 5.92. The van der Waals surface area contributed by atoms with Crippen molar-refractivity contribution in [3.63, 3.8) is 0 Å². The van der Waals surface area contributed by atoms with Crippen molar-refractivity contribution in [2.75, 3.05) is 26.4 Å². The van der Waals surface area contributed by atoms with Gasteiger partial charge in [-0.3, -0.25) is 10.1 Å². The number of benzene rings is 1. The molecule has 198 valence electrons. The van der Waals surface area contributed by atoms with Crippen molar-refractivity contribution in [3.05, 3.63) is 34.9 Å². The van der Waals surface area contributed by atoms with Crippen molar-refractivity contribution in [2.24, 2.45) is 17.3 Å². The second kappa shape index (κ2) is 15.0. The van der Waals surface area contributed by atoms with Crippen LogP contribution in [0.1, 0.15) is 85.1 Å². The number of nitrogens with zero attached hydrogens (tertiary/aromatic N) is 1. The number of carbonyl (C=O) groups is 1. The van der Waals surface area contributed by atoms with Crippen LogP contribution >= 0.6 is 11.6 Å². The van der Waals surface area contributed by atoms with E-state index in [4.69, 9.17) is 16.3 Å². The molecule has 0 bridgehead atoms. The second-order valence-corrected chi connectivity index (χ2v) is 11.0. The summed E-state index contributed by atoms with van der Waals surface area (Å²) in [6.07, 6.45) is 7.56. The molecular weight excluding hydrogens is 452 g/mol. The third-order valence-electron chi connectivity index (χ3n) is 7.23. The van der Waals surface area contributed by atoms with E-state index in [1.807, 2.05) is 12.1 Å². The highest BCUT2D eigenvalue weighted by Gasteiger charge is 2.40. The number of nitrogens with one attached hydrogen (secondary N) is 1. The van der Waals surface area contributed by atoms with E-state index in [1.165, 1.54) is 37.7 Å². The Balaban J connectivity index is 0.00000363. The Kier molecular flexibility index (Phi) is 14.5. The first-order chi connectivity index (χ1) is 14.8. The van der Waals surface area contributed by atoms with Crippen LogP contribution in [0.5, 0.6) is 0 Å². The second-order valence-electron chi connectivity index (χ2n) is 10.6. The Hall–Kier alpha value is -1.18. The molecule has 1 aliphatic heterocycles. The van der Waals surface area contributed by atoms with Gasteiger partial charge in [0, 0.05) is 18.1 Å². The van der Waals surface area contributed by atoms with Crippen molar-refractivity contribution < 1.29 is 20.5 Å². The maximum absolute atomic E-state index is 13.4. The summed E-state index contributed by atoms with van der Waals surface area (Å²) in [5.74, 6) is 1.55. The largest absolute Gasteiger partial charge is 0.412 e.